The van der Waals surface area contributed by atoms with Gasteiger partial charge >= 0.3 is 0 Å². The Labute approximate surface area is 447 Å². The summed E-state index contributed by atoms with van der Waals surface area (Å²) in [6.45, 7) is 0. The maximum Gasteiger partial charge on any atom is 0.0995 e. The molecule has 0 aliphatic heterocycles. The van der Waals surface area contributed by atoms with Crippen LogP contribution in [0.4, 0.5) is 0 Å². The smallest absolute Gasteiger partial charge is 0.0995 e. The molecule has 11 aromatic rings. The van der Waals surface area contributed by atoms with Crippen molar-refractivity contribution >= 4 is 59.6 Å². The molecule has 0 spiro atoms. The van der Waals surface area contributed by atoms with E-state index in [-0.39, 0.29) is 23.7 Å². The molecule has 12 bridgehead atoms. The van der Waals surface area contributed by atoms with Gasteiger partial charge in [0.25, 0.3) is 0 Å². The monoisotopic (exact) mass is 983 g/mol. The lowest BCUT2D eigenvalue weighted by molar-refractivity contribution is 0.165. The average Bonchev–Trinajstić information content (AvgIpc) is 3.47. The van der Waals surface area contributed by atoms with Gasteiger partial charge in [0.1, 0.15) is 0 Å². The van der Waals surface area contributed by atoms with Crippen LogP contribution in [0.15, 0.2) is 127 Å². The van der Waals surface area contributed by atoms with Crippen molar-refractivity contribution in [3.05, 3.63) is 228 Å². The molecule has 0 radical (unpaired) electrons. The van der Waals surface area contributed by atoms with Crippen molar-refractivity contribution < 1.29 is 0 Å². The van der Waals surface area contributed by atoms with Crippen molar-refractivity contribution in [2.24, 2.45) is 23.7 Å². The van der Waals surface area contributed by atoms with Crippen molar-refractivity contribution in [1.82, 2.24) is 4.40 Å². The van der Waals surface area contributed by atoms with Gasteiger partial charge in [-0.25, -0.2) is 0 Å². The standard InChI is InChI=1S/C74H53N3/c75-32-42-27-58-68(71-62(42)64-44-9-1-5-13-48(44)66(71)49-14-6-2-10-45(49)64)57-31-56-54-29-52-38-19-34-17-35(20-38)22-39(21-34)53(52)30-55(54)60-40-23-36-18-37(24-40)26-41(25-36)61(60)69(56)73-70-59(77(58)74(57)73)28-43(33-76)63-65-46-11-3-7-15-50(46)67(72(63)70)51-16-8-4-12-47(51)65/h1-16,27-31,34-41,64-67H,17-26H2. The molecule has 0 saturated heterocycles. The lowest BCUT2D eigenvalue weighted by Gasteiger charge is -2.43. The minimum atomic E-state index is -0.0253. The van der Waals surface area contributed by atoms with Gasteiger partial charge in [0.2, 0.25) is 0 Å². The number of aromatic nitrogens is 1. The largest absolute Gasteiger partial charge is 0.308 e. The predicted octanol–water partition coefficient (Wildman–Crippen LogP) is 17.6. The van der Waals surface area contributed by atoms with Gasteiger partial charge in [0, 0.05) is 45.2 Å². The Morgan fingerprint density at radius 1 is 0.312 bits per heavy atom. The quantitative estimate of drug-likeness (QED) is 0.142. The number of hydrogen-bond acceptors (Lipinski definition) is 2. The molecule has 0 N–H and O–H groups in total. The van der Waals surface area contributed by atoms with Gasteiger partial charge in [-0.15, -0.1) is 0 Å². The maximum absolute atomic E-state index is 11.7. The number of nitriles is 2. The molecule has 3 heteroatoms. The third kappa shape index (κ3) is 4.57. The SMILES string of the molecule is N#Cc1cc2c(c3c1C1c4ccccc4C3c3ccccc31)c1cc3c4cc5c(cc4c4c(c3c3c6c7c(c(C#N)cc6n2c13)C1c2ccccc2C7c2ccccc21)C1CC2CC(CC4C2)C1)C1CC2CC(C1)CC5C2. The highest BCUT2D eigenvalue weighted by molar-refractivity contribution is 6.36. The third-order valence-electron chi connectivity index (χ3n) is 23.5. The van der Waals surface area contributed by atoms with E-state index in [4.69, 9.17) is 0 Å². The fourth-order valence-corrected chi connectivity index (χ4v) is 21.6. The molecule has 14 aliphatic rings. The topological polar surface area (TPSA) is 52.0 Å². The highest BCUT2D eigenvalue weighted by Crippen LogP contribution is 2.67. The van der Waals surface area contributed by atoms with E-state index in [1.807, 2.05) is 0 Å². The second-order valence-corrected chi connectivity index (χ2v) is 26.6. The molecule has 25 rings (SSSR count). The summed E-state index contributed by atoms with van der Waals surface area (Å²) in [5.41, 5.74) is 28.0. The van der Waals surface area contributed by atoms with Crippen LogP contribution in [0.1, 0.15) is 212 Å². The summed E-state index contributed by atoms with van der Waals surface area (Å²) in [7, 11) is 0. The first-order valence-corrected chi connectivity index (χ1v) is 29.6. The summed E-state index contributed by atoms with van der Waals surface area (Å²) >= 11 is 0. The zero-order chi connectivity index (χ0) is 49.6. The minimum Gasteiger partial charge on any atom is -0.308 e. The highest BCUT2D eigenvalue weighted by Gasteiger charge is 2.50. The Kier molecular flexibility index (Phi) is 7.11. The van der Waals surface area contributed by atoms with Crippen molar-refractivity contribution in [1.29, 1.82) is 10.5 Å². The molecule has 2 heterocycles. The Balaban J connectivity index is 1.02. The van der Waals surface area contributed by atoms with E-state index in [0.29, 0.717) is 23.7 Å². The molecular weight excluding hydrogens is 931 g/mol. The van der Waals surface area contributed by atoms with Crippen LogP contribution >= 0.6 is 0 Å². The number of fused-ring (bicyclic) bond motifs is 10. The lowest BCUT2D eigenvalue weighted by atomic mass is 9.59. The Morgan fingerprint density at radius 3 is 1.16 bits per heavy atom. The summed E-state index contributed by atoms with van der Waals surface area (Å²) in [5, 5.41) is 34.9. The van der Waals surface area contributed by atoms with E-state index >= 15 is 0 Å². The molecule has 4 fully saturated rings. The van der Waals surface area contributed by atoms with Crippen molar-refractivity contribution in [3.63, 3.8) is 0 Å². The average molecular weight is 984 g/mol. The molecule has 3 nitrogen and oxygen atoms in total. The minimum absolute atomic E-state index is 0.00602. The summed E-state index contributed by atoms with van der Waals surface area (Å²) in [6.07, 6.45) is 13.6. The molecule has 0 amide bonds. The van der Waals surface area contributed by atoms with Gasteiger partial charge in [0.15, 0.2) is 0 Å². The first kappa shape index (κ1) is 40.5. The second-order valence-electron chi connectivity index (χ2n) is 26.6. The molecule has 77 heavy (non-hydrogen) atoms. The van der Waals surface area contributed by atoms with Gasteiger partial charge in [-0.3, -0.25) is 0 Å². The summed E-state index contributed by atoms with van der Waals surface area (Å²) in [6, 6.07) is 55.6. The predicted molar refractivity (Wildman–Crippen MR) is 306 cm³/mol. The molecule has 4 atom stereocenters. The van der Waals surface area contributed by atoms with Gasteiger partial charge < -0.3 is 4.40 Å². The number of hydrogen-bond donors (Lipinski definition) is 0. The Hall–Kier alpha value is -7.72. The van der Waals surface area contributed by atoms with Crippen LogP contribution in [0.3, 0.4) is 0 Å². The van der Waals surface area contributed by atoms with Gasteiger partial charge in [-0.05, 0) is 246 Å². The summed E-state index contributed by atoms with van der Waals surface area (Å²) in [5.74, 6) is 5.65. The van der Waals surface area contributed by atoms with Gasteiger partial charge in [0.05, 0.1) is 39.8 Å². The van der Waals surface area contributed by atoms with Gasteiger partial charge in [-0.1, -0.05) is 103 Å². The van der Waals surface area contributed by atoms with Crippen LogP contribution in [0.5, 0.6) is 0 Å². The molecule has 14 aliphatic carbocycles. The fourth-order valence-electron chi connectivity index (χ4n) is 21.6. The van der Waals surface area contributed by atoms with E-state index in [9.17, 15) is 10.5 Å². The van der Waals surface area contributed by atoms with Crippen LogP contribution < -0.4 is 0 Å². The van der Waals surface area contributed by atoms with Crippen LogP contribution in [0, 0.1) is 46.3 Å². The first-order chi connectivity index (χ1) is 38.1. The number of rotatable bonds is 0. The van der Waals surface area contributed by atoms with E-state index in [0.717, 1.165) is 45.8 Å². The fraction of sp³-hybridized carbons (Fsp3) is 0.297. The number of nitrogens with zero attached hydrogens (tertiary/aromatic N) is 3. The third-order valence-corrected chi connectivity index (χ3v) is 23.5. The van der Waals surface area contributed by atoms with E-state index in [1.54, 1.807) is 27.6 Å². The van der Waals surface area contributed by atoms with Gasteiger partial charge in [-0.2, -0.15) is 10.5 Å². The maximum atomic E-state index is 11.7. The van der Waals surface area contributed by atoms with Crippen molar-refractivity contribution in [2.45, 2.75) is 112 Å². The Morgan fingerprint density at radius 2 is 0.701 bits per heavy atom. The van der Waals surface area contributed by atoms with E-state index in [2.05, 4.69) is 144 Å². The summed E-state index contributed by atoms with van der Waals surface area (Å²) < 4.78 is 2.63. The van der Waals surface area contributed by atoms with E-state index < -0.39 is 0 Å². The normalized spacial score (nSPS) is 29.3. The molecular formula is C74H53N3. The molecule has 9 aromatic carbocycles. The van der Waals surface area contributed by atoms with Crippen LogP contribution in [0.2, 0.25) is 0 Å². The molecule has 4 saturated carbocycles. The lowest BCUT2D eigenvalue weighted by Crippen LogP contribution is -2.28. The highest BCUT2D eigenvalue weighted by atomic mass is 14.9. The van der Waals surface area contributed by atoms with Crippen molar-refractivity contribution in [2.75, 3.05) is 0 Å². The molecule has 2 aromatic heterocycles. The molecule has 4 unspecified atom stereocenters. The van der Waals surface area contributed by atoms with Crippen LogP contribution in [-0.2, 0) is 0 Å². The van der Waals surface area contributed by atoms with E-state index in [1.165, 1.54) is 174 Å². The van der Waals surface area contributed by atoms with Crippen LogP contribution in [0.25, 0.3) is 59.6 Å². The first-order valence-electron chi connectivity index (χ1n) is 29.6. The Bertz CT molecular complexity index is 4660. The summed E-state index contributed by atoms with van der Waals surface area (Å²) in [4.78, 5) is 0. The second kappa shape index (κ2) is 13.5. The van der Waals surface area contributed by atoms with Crippen molar-refractivity contribution in [3.8, 4) is 12.1 Å². The number of benzene rings is 9. The van der Waals surface area contributed by atoms with Crippen LogP contribution in [-0.4, -0.2) is 4.40 Å². The zero-order valence-electron chi connectivity index (χ0n) is 43.0. The molecule has 364 valence electrons. The zero-order valence-corrected chi connectivity index (χ0v) is 43.0.